The van der Waals surface area contributed by atoms with Crippen LogP contribution in [0.2, 0.25) is 0 Å². The third kappa shape index (κ3) is 6.74. The van der Waals surface area contributed by atoms with Crippen molar-refractivity contribution in [3.8, 4) is 5.75 Å². The smallest absolute Gasteiger partial charge is 0.387 e. The number of nitrogens with one attached hydrogen (secondary N) is 2. The van der Waals surface area contributed by atoms with E-state index in [1.807, 2.05) is 19.9 Å². The van der Waals surface area contributed by atoms with Crippen LogP contribution in [0.5, 0.6) is 5.75 Å². The van der Waals surface area contributed by atoms with Gasteiger partial charge in [0.25, 0.3) is 0 Å². The molecular weight excluding hydrogens is 288 g/mol. The molecule has 6 heteroatoms. The molecule has 22 heavy (non-hydrogen) atoms. The average Bonchev–Trinajstić information content (AvgIpc) is 2.44. The number of aryl methyl sites for hydroxylation is 1. The van der Waals surface area contributed by atoms with Crippen molar-refractivity contribution in [3.05, 3.63) is 29.3 Å². The van der Waals surface area contributed by atoms with Gasteiger partial charge in [0.15, 0.2) is 5.96 Å². The van der Waals surface area contributed by atoms with Crippen LogP contribution in [0.25, 0.3) is 0 Å². The fourth-order valence-electron chi connectivity index (χ4n) is 1.85. The van der Waals surface area contributed by atoms with Gasteiger partial charge in [0.2, 0.25) is 0 Å². The number of benzene rings is 1. The maximum absolute atomic E-state index is 12.4. The lowest BCUT2D eigenvalue weighted by molar-refractivity contribution is -0.0504. The summed E-state index contributed by atoms with van der Waals surface area (Å²) >= 11 is 0. The van der Waals surface area contributed by atoms with Crippen molar-refractivity contribution in [3.63, 3.8) is 0 Å². The first-order chi connectivity index (χ1) is 10.4. The minimum absolute atomic E-state index is 0.170. The van der Waals surface area contributed by atoms with Crippen LogP contribution >= 0.6 is 0 Å². The summed E-state index contributed by atoms with van der Waals surface area (Å²) in [6, 6.07) is 5.11. The first kappa shape index (κ1) is 18.2. The van der Waals surface area contributed by atoms with Gasteiger partial charge in [-0.2, -0.15) is 8.78 Å². The lowest BCUT2D eigenvalue weighted by Crippen LogP contribution is -2.39. The predicted octanol–water partition coefficient (Wildman–Crippen LogP) is 3.31. The van der Waals surface area contributed by atoms with E-state index in [1.165, 1.54) is 0 Å². The summed E-state index contributed by atoms with van der Waals surface area (Å²) in [6.45, 7) is 7.05. The van der Waals surface area contributed by atoms with Crippen molar-refractivity contribution in [2.75, 3.05) is 13.1 Å². The third-order valence-corrected chi connectivity index (χ3v) is 2.86. The molecule has 0 radical (unpaired) electrons. The molecule has 0 aromatic heterocycles. The van der Waals surface area contributed by atoms with E-state index in [9.17, 15) is 8.78 Å². The Hall–Kier alpha value is -1.85. The molecule has 0 aliphatic carbocycles. The number of guanidine groups is 1. The van der Waals surface area contributed by atoms with Crippen LogP contribution in [0, 0.1) is 12.8 Å². The molecule has 0 unspecified atom stereocenters. The number of alkyl halides is 2. The van der Waals surface area contributed by atoms with Gasteiger partial charge in [0.05, 0.1) is 6.54 Å². The molecule has 0 atom stereocenters. The van der Waals surface area contributed by atoms with Crippen LogP contribution in [-0.4, -0.2) is 25.7 Å². The molecule has 1 rings (SSSR count). The zero-order valence-electron chi connectivity index (χ0n) is 13.6. The van der Waals surface area contributed by atoms with Gasteiger partial charge < -0.3 is 15.4 Å². The van der Waals surface area contributed by atoms with E-state index >= 15 is 0 Å². The number of ether oxygens (including phenoxy) is 1. The lowest BCUT2D eigenvalue weighted by Gasteiger charge is -2.14. The summed E-state index contributed by atoms with van der Waals surface area (Å²) in [7, 11) is 0. The number of halogens is 2. The van der Waals surface area contributed by atoms with Crippen LogP contribution < -0.4 is 15.4 Å². The average molecular weight is 313 g/mol. The van der Waals surface area contributed by atoms with E-state index in [2.05, 4.69) is 34.2 Å². The summed E-state index contributed by atoms with van der Waals surface area (Å²) in [5.74, 6) is 1.32. The number of aliphatic imine (C=N–C) groups is 1. The highest BCUT2D eigenvalue weighted by Crippen LogP contribution is 2.22. The molecule has 1 aromatic carbocycles. The van der Waals surface area contributed by atoms with Crippen molar-refractivity contribution in [2.45, 2.75) is 40.9 Å². The molecule has 0 amide bonds. The van der Waals surface area contributed by atoms with Gasteiger partial charge in [-0.05, 0) is 25.8 Å². The quantitative estimate of drug-likeness (QED) is 0.600. The van der Waals surface area contributed by atoms with E-state index in [4.69, 9.17) is 0 Å². The van der Waals surface area contributed by atoms with E-state index in [0.29, 0.717) is 17.4 Å². The standard InChI is InChI=1S/C16H25F2N3O/c1-5-19-16(20-9-11(2)3)21-10-13-8-12(4)6-7-14(13)22-15(17)18/h6-8,11,15H,5,9-10H2,1-4H3,(H2,19,20,21). The van der Waals surface area contributed by atoms with Crippen molar-refractivity contribution in [1.29, 1.82) is 0 Å². The number of hydrogen-bond acceptors (Lipinski definition) is 2. The van der Waals surface area contributed by atoms with E-state index in [-0.39, 0.29) is 12.3 Å². The van der Waals surface area contributed by atoms with Crippen LogP contribution in [-0.2, 0) is 6.54 Å². The SMILES string of the molecule is CCNC(=NCc1cc(C)ccc1OC(F)F)NCC(C)C. The second-order valence-corrected chi connectivity index (χ2v) is 5.46. The zero-order chi connectivity index (χ0) is 16.5. The van der Waals surface area contributed by atoms with Gasteiger partial charge in [-0.25, -0.2) is 4.99 Å². The Kier molecular flexibility index (Phi) is 7.63. The van der Waals surface area contributed by atoms with Crippen LogP contribution in [0.3, 0.4) is 0 Å². The van der Waals surface area contributed by atoms with Crippen molar-refractivity contribution in [2.24, 2.45) is 10.9 Å². The normalized spacial score (nSPS) is 11.9. The lowest BCUT2D eigenvalue weighted by atomic mass is 10.1. The molecule has 0 aliphatic rings. The predicted molar refractivity (Wildman–Crippen MR) is 85.5 cm³/mol. The van der Waals surface area contributed by atoms with E-state index in [1.54, 1.807) is 12.1 Å². The van der Waals surface area contributed by atoms with E-state index < -0.39 is 6.61 Å². The molecule has 0 heterocycles. The molecule has 0 aliphatic heterocycles. The summed E-state index contributed by atoms with van der Waals surface area (Å²) in [6.07, 6.45) is 0. The first-order valence-corrected chi connectivity index (χ1v) is 7.48. The molecule has 0 spiro atoms. The van der Waals surface area contributed by atoms with Crippen molar-refractivity contribution < 1.29 is 13.5 Å². The first-order valence-electron chi connectivity index (χ1n) is 7.48. The molecule has 0 fully saturated rings. The Morgan fingerprint density at radius 3 is 2.59 bits per heavy atom. The number of hydrogen-bond donors (Lipinski definition) is 2. The molecule has 0 saturated heterocycles. The highest BCUT2D eigenvalue weighted by Gasteiger charge is 2.10. The highest BCUT2D eigenvalue weighted by molar-refractivity contribution is 5.79. The number of nitrogens with zero attached hydrogens (tertiary/aromatic N) is 1. The van der Waals surface area contributed by atoms with Crippen LogP contribution in [0.4, 0.5) is 8.78 Å². The topological polar surface area (TPSA) is 45.7 Å². The van der Waals surface area contributed by atoms with Gasteiger partial charge in [0.1, 0.15) is 5.75 Å². The Morgan fingerprint density at radius 2 is 2.00 bits per heavy atom. The van der Waals surface area contributed by atoms with Crippen LogP contribution in [0.15, 0.2) is 23.2 Å². The largest absolute Gasteiger partial charge is 0.434 e. The molecule has 124 valence electrons. The summed E-state index contributed by atoms with van der Waals surface area (Å²) < 4.78 is 29.4. The Labute approximate surface area is 131 Å². The fourth-order valence-corrected chi connectivity index (χ4v) is 1.85. The summed E-state index contributed by atoms with van der Waals surface area (Å²) in [5, 5.41) is 6.35. The zero-order valence-corrected chi connectivity index (χ0v) is 13.6. The van der Waals surface area contributed by atoms with Gasteiger partial charge in [0, 0.05) is 18.7 Å². The molecule has 4 nitrogen and oxygen atoms in total. The molecule has 0 saturated carbocycles. The second-order valence-electron chi connectivity index (χ2n) is 5.46. The highest BCUT2D eigenvalue weighted by atomic mass is 19.3. The summed E-state index contributed by atoms with van der Waals surface area (Å²) in [5.41, 5.74) is 1.62. The molecule has 0 bridgehead atoms. The van der Waals surface area contributed by atoms with Gasteiger partial charge >= 0.3 is 6.61 Å². The Balaban J connectivity index is 2.85. The number of rotatable bonds is 7. The monoisotopic (exact) mass is 313 g/mol. The minimum atomic E-state index is -2.84. The second kappa shape index (κ2) is 9.23. The third-order valence-electron chi connectivity index (χ3n) is 2.86. The van der Waals surface area contributed by atoms with E-state index in [0.717, 1.165) is 18.7 Å². The molecule has 2 N–H and O–H groups in total. The van der Waals surface area contributed by atoms with Gasteiger partial charge in [-0.3, -0.25) is 0 Å². The molecular formula is C16H25F2N3O. The molecule has 1 aromatic rings. The maximum atomic E-state index is 12.4. The fraction of sp³-hybridized carbons (Fsp3) is 0.562. The Morgan fingerprint density at radius 1 is 1.27 bits per heavy atom. The Bertz CT molecular complexity index is 490. The minimum Gasteiger partial charge on any atom is -0.434 e. The van der Waals surface area contributed by atoms with Crippen LogP contribution in [0.1, 0.15) is 31.9 Å². The maximum Gasteiger partial charge on any atom is 0.387 e. The summed E-state index contributed by atoms with van der Waals surface area (Å²) in [4.78, 5) is 4.43. The van der Waals surface area contributed by atoms with Crippen molar-refractivity contribution in [1.82, 2.24) is 10.6 Å². The van der Waals surface area contributed by atoms with Crippen molar-refractivity contribution >= 4 is 5.96 Å². The van der Waals surface area contributed by atoms with Gasteiger partial charge in [-0.1, -0.05) is 31.5 Å². The van der Waals surface area contributed by atoms with Gasteiger partial charge in [-0.15, -0.1) is 0 Å².